The molecule has 0 aliphatic carbocycles. The zero-order valence-corrected chi connectivity index (χ0v) is 23.9. The van der Waals surface area contributed by atoms with Crippen LogP contribution >= 0.6 is 0 Å². The van der Waals surface area contributed by atoms with Crippen molar-refractivity contribution in [3.63, 3.8) is 0 Å². The molecule has 43 heavy (non-hydrogen) atoms. The highest BCUT2D eigenvalue weighted by Crippen LogP contribution is 2.36. The molecule has 5 rings (SSSR count). The Morgan fingerprint density at radius 3 is 2.40 bits per heavy atom. The number of allylic oxidation sites excluding steroid dienone is 1. The third-order valence-electron chi connectivity index (χ3n) is 6.77. The zero-order valence-electron chi connectivity index (χ0n) is 23.1. The van der Waals surface area contributed by atoms with E-state index in [1.54, 1.807) is 23.1 Å². The number of pyridine rings is 1. The number of carbonyl (C=O) groups excluding carboxylic acids is 2. The van der Waals surface area contributed by atoms with Gasteiger partial charge in [-0.1, -0.05) is 6.07 Å². The van der Waals surface area contributed by atoms with Crippen LogP contribution in [-0.4, -0.2) is 73.2 Å². The van der Waals surface area contributed by atoms with Crippen LogP contribution in [0.2, 0.25) is 0 Å². The van der Waals surface area contributed by atoms with Crippen LogP contribution in [0.15, 0.2) is 72.2 Å². The Balaban J connectivity index is 1.46. The third kappa shape index (κ3) is 6.43. The van der Waals surface area contributed by atoms with Gasteiger partial charge in [0, 0.05) is 37.6 Å². The molecule has 4 aromatic rings. The topological polar surface area (TPSA) is 135 Å². The van der Waals surface area contributed by atoms with Crippen LogP contribution in [-0.2, 0) is 19.6 Å². The van der Waals surface area contributed by atoms with Gasteiger partial charge in [0.15, 0.2) is 22.4 Å². The van der Waals surface area contributed by atoms with Crippen molar-refractivity contribution < 1.29 is 31.5 Å². The van der Waals surface area contributed by atoms with Gasteiger partial charge in [-0.15, -0.1) is 0 Å². The van der Waals surface area contributed by atoms with Gasteiger partial charge in [-0.3, -0.25) is 14.3 Å². The van der Waals surface area contributed by atoms with Crippen LogP contribution in [0.1, 0.15) is 6.92 Å². The van der Waals surface area contributed by atoms with Gasteiger partial charge in [-0.2, -0.15) is 8.42 Å². The van der Waals surface area contributed by atoms with Crippen LogP contribution in [0.4, 0.5) is 20.3 Å². The summed E-state index contributed by atoms with van der Waals surface area (Å²) in [6.07, 6.45) is 4.71. The smallest absolute Gasteiger partial charge is 0.279 e. The van der Waals surface area contributed by atoms with E-state index in [4.69, 9.17) is 4.74 Å². The quantitative estimate of drug-likeness (QED) is 0.298. The lowest BCUT2D eigenvalue weighted by Crippen LogP contribution is -2.48. The Kier molecular flexibility index (Phi) is 8.30. The average molecular weight is 609 g/mol. The van der Waals surface area contributed by atoms with E-state index in [-0.39, 0.29) is 23.1 Å². The summed E-state index contributed by atoms with van der Waals surface area (Å²) in [4.78, 5) is 39.6. The van der Waals surface area contributed by atoms with E-state index in [0.717, 1.165) is 18.3 Å². The van der Waals surface area contributed by atoms with E-state index < -0.39 is 26.7 Å². The molecule has 0 saturated carbocycles. The number of aromatic nitrogens is 3. The molecule has 11 nitrogen and oxygen atoms in total. The summed E-state index contributed by atoms with van der Waals surface area (Å²) in [6, 6.07) is 9.83. The fourth-order valence-electron chi connectivity index (χ4n) is 4.67. The number of ether oxygens (including phenoxy) is 1. The molecule has 1 amide bonds. The molecule has 222 valence electrons. The molecule has 1 aliphatic rings. The highest BCUT2D eigenvalue weighted by atomic mass is 32.2. The standard InChI is InChI=1S/C29H26F2N6O5S/c1-18(38)3-8-27(39)36-9-11-37(12-10-36)29-22-13-19(4-6-24(22)33-17-34-29)20-14-23(31)28(42-2)25(15-20)35-43(40,41)26-7-5-21(30)16-32-26/h3-8,13-17,35H,9-12H2,1-2H3/b8-3+. The number of ketones is 1. The Bertz CT molecular complexity index is 1840. The molecule has 2 aromatic carbocycles. The summed E-state index contributed by atoms with van der Waals surface area (Å²) < 4.78 is 61.8. The molecule has 1 saturated heterocycles. The number of methoxy groups -OCH3 is 1. The second kappa shape index (κ2) is 12.1. The summed E-state index contributed by atoms with van der Waals surface area (Å²) >= 11 is 0. The summed E-state index contributed by atoms with van der Waals surface area (Å²) in [5, 5.41) is 0.219. The Morgan fingerprint density at radius 1 is 0.953 bits per heavy atom. The molecule has 14 heteroatoms. The third-order valence-corrected chi connectivity index (χ3v) is 8.05. The molecular weight excluding hydrogens is 582 g/mol. The number of hydrogen-bond acceptors (Lipinski definition) is 9. The van der Waals surface area contributed by atoms with Crippen LogP contribution in [0.5, 0.6) is 5.75 Å². The molecule has 0 spiro atoms. The fourth-order valence-corrected chi connectivity index (χ4v) is 5.65. The van der Waals surface area contributed by atoms with Crippen LogP contribution in [0.25, 0.3) is 22.0 Å². The Labute approximate surface area is 245 Å². The first-order valence-electron chi connectivity index (χ1n) is 13.1. The number of rotatable bonds is 8. The van der Waals surface area contributed by atoms with Crippen molar-refractivity contribution in [2.24, 2.45) is 0 Å². The normalized spacial score (nSPS) is 13.9. The molecule has 1 N–H and O–H groups in total. The van der Waals surface area contributed by atoms with Gasteiger partial charge in [0.25, 0.3) is 10.0 Å². The SMILES string of the molecule is COc1c(F)cc(-c2ccc3ncnc(N4CCN(C(=O)/C=C/C(C)=O)CC4)c3c2)cc1NS(=O)(=O)c1ccc(F)cn1. The lowest BCUT2D eigenvalue weighted by molar-refractivity contribution is -0.126. The van der Waals surface area contributed by atoms with Gasteiger partial charge < -0.3 is 14.5 Å². The largest absolute Gasteiger partial charge is 0.492 e. The van der Waals surface area contributed by atoms with Gasteiger partial charge in [0.05, 0.1) is 24.5 Å². The number of benzene rings is 2. The van der Waals surface area contributed by atoms with Crippen molar-refractivity contribution in [2.75, 3.05) is 42.9 Å². The highest BCUT2D eigenvalue weighted by molar-refractivity contribution is 7.92. The first kappa shape index (κ1) is 29.5. The maximum atomic E-state index is 15.2. The molecule has 0 radical (unpaired) electrons. The van der Waals surface area contributed by atoms with Gasteiger partial charge in [-0.05, 0) is 60.5 Å². The number of halogens is 2. The minimum Gasteiger partial charge on any atom is -0.492 e. The van der Waals surface area contributed by atoms with Crippen molar-refractivity contribution >= 4 is 44.1 Å². The fraction of sp³-hybridized carbons (Fsp3) is 0.207. The molecule has 2 aromatic heterocycles. The lowest BCUT2D eigenvalue weighted by atomic mass is 10.0. The van der Waals surface area contributed by atoms with Gasteiger partial charge in [-0.25, -0.2) is 23.7 Å². The van der Waals surface area contributed by atoms with Crippen LogP contribution in [0, 0.1) is 11.6 Å². The number of piperazine rings is 1. The number of hydrogen-bond donors (Lipinski definition) is 1. The number of amides is 1. The maximum absolute atomic E-state index is 15.2. The molecular formula is C29H26F2N6O5S. The van der Waals surface area contributed by atoms with Crippen molar-refractivity contribution in [3.8, 4) is 16.9 Å². The van der Waals surface area contributed by atoms with E-state index in [0.29, 0.717) is 54.0 Å². The number of carbonyl (C=O) groups is 2. The number of nitrogens with zero attached hydrogens (tertiary/aromatic N) is 5. The van der Waals surface area contributed by atoms with Gasteiger partial charge in [0.2, 0.25) is 5.91 Å². The monoisotopic (exact) mass is 608 g/mol. The van der Waals surface area contributed by atoms with Crippen molar-refractivity contribution in [3.05, 3.63) is 78.8 Å². The zero-order chi connectivity index (χ0) is 30.7. The molecule has 3 heterocycles. The molecule has 1 aliphatic heterocycles. The number of sulfonamides is 1. The lowest BCUT2D eigenvalue weighted by Gasteiger charge is -2.35. The minimum atomic E-state index is -4.30. The molecule has 1 fully saturated rings. The Hall–Kier alpha value is -4.98. The van der Waals surface area contributed by atoms with Crippen molar-refractivity contribution in [1.29, 1.82) is 0 Å². The summed E-state index contributed by atoms with van der Waals surface area (Å²) in [6.45, 7) is 3.18. The molecule has 0 unspecified atom stereocenters. The highest BCUT2D eigenvalue weighted by Gasteiger charge is 2.24. The van der Waals surface area contributed by atoms with E-state index >= 15 is 4.39 Å². The second-order valence-corrected chi connectivity index (χ2v) is 11.3. The van der Waals surface area contributed by atoms with Gasteiger partial charge >= 0.3 is 0 Å². The number of fused-ring (bicyclic) bond motifs is 1. The Morgan fingerprint density at radius 2 is 1.72 bits per heavy atom. The van der Waals surface area contributed by atoms with Gasteiger partial charge in [0.1, 0.15) is 18.0 Å². The predicted molar refractivity (Wildman–Crippen MR) is 155 cm³/mol. The van der Waals surface area contributed by atoms with E-state index in [1.165, 1.54) is 44.6 Å². The van der Waals surface area contributed by atoms with Crippen molar-refractivity contribution in [2.45, 2.75) is 11.9 Å². The van der Waals surface area contributed by atoms with Crippen molar-refractivity contribution in [1.82, 2.24) is 19.9 Å². The average Bonchev–Trinajstić information content (AvgIpc) is 2.99. The van der Waals surface area contributed by atoms with E-state index in [1.807, 2.05) is 4.90 Å². The molecule has 0 bridgehead atoms. The summed E-state index contributed by atoms with van der Waals surface area (Å²) in [5.74, 6) is -1.68. The molecule has 0 atom stereocenters. The van der Waals surface area contributed by atoms with Crippen LogP contribution < -0.4 is 14.4 Å². The predicted octanol–water partition coefficient (Wildman–Crippen LogP) is 3.57. The first-order valence-corrected chi connectivity index (χ1v) is 14.5. The summed E-state index contributed by atoms with van der Waals surface area (Å²) in [5.41, 5.74) is 1.35. The van der Waals surface area contributed by atoms with E-state index in [9.17, 15) is 22.4 Å². The first-order chi connectivity index (χ1) is 20.6. The second-order valence-electron chi connectivity index (χ2n) is 9.64. The van der Waals surface area contributed by atoms with Crippen LogP contribution in [0.3, 0.4) is 0 Å². The van der Waals surface area contributed by atoms with E-state index in [2.05, 4.69) is 19.7 Å². The maximum Gasteiger partial charge on any atom is 0.279 e. The number of nitrogens with one attached hydrogen (secondary N) is 1. The summed E-state index contributed by atoms with van der Waals surface area (Å²) in [7, 11) is -3.10. The minimum absolute atomic E-state index is 0.173. The number of anilines is 2.